The maximum absolute atomic E-state index is 12.7. The normalized spacial score (nSPS) is 16.9. The molecule has 2 aromatic heterocycles. The van der Waals surface area contributed by atoms with Crippen LogP contribution < -0.4 is 10.2 Å². The number of nitrogens with zero attached hydrogens (tertiary/aromatic N) is 3. The quantitative estimate of drug-likeness (QED) is 0.581. The van der Waals surface area contributed by atoms with Gasteiger partial charge in [0.05, 0.1) is 0 Å². The van der Waals surface area contributed by atoms with E-state index >= 15 is 0 Å². The first-order valence-corrected chi connectivity index (χ1v) is 9.29. The number of benzene rings is 2. The molecule has 5 rings (SSSR count). The Morgan fingerprint density at radius 1 is 1.04 bits per heavy atom. The number of fused-ring (bicyclic) bond motifs is 1. The first-order valence-electron chi connectivity index (χ1n) is 9.29. The third kappa shape index (κ3) is 2.89. The highest BCUT2D eigenvalue weighted by molar-refractivity contribution is 5.88. The fourth-order valence-electron chi connectivity index (χ4n) is 3.72. The van der Waals surface area contributed by atoms with E-state index in [1.54, 1.807) is 6.20 Å². The summed E-state index contributed by atoms with van der Waals surface area (Å²) in [5.41, 5.74) is 2.98. The molecule has 0 aliphatic carbocycles. The molecule has 1 aliphatic heterocycles. The molecule has 6 heteroatoms. The fourth-order valence-corrected chi connectivity index (χ4v) is 3.72. The van der Waals surface area contributed by atoms with Gasteiger partial charge >= 0.3 is 0 Å². The summed E-state index contributed by atoms with van der Waals surface area (Å²) in [6, 6.07) is 19.4. The minimum Gasteiger partial charge on any atom is -0.361 e. The number of H-pyrrole nitrogens is 1. The van der Waals surface area contributed by atoms with Crippen LogP contribution in [0.2, 0.25) is 0 Å². The highest BCUT2D eigenvalue weighted by Crippen LogP contribution is 2.29. The number of piperazine rings is 1. The van der Waals surface area contributed by atoms with Crippen molar-refractivity contribution in [2.24, 2.45) is 0 Å². The lowest BCUT2D eigenvalue weighted by atomic mass is 10.0. The number of aromatic nitrogens is 3. The van der Waals surface area contributed by atoms with Crippen molar-refractivity contribution >= 4 is 22.6 Å². The Kier molecular flexibility index (Phi) is 4.01. The second kappa shape index (κ2) is 6.81. The second-order valence-electron chi connectivity index (χ2n) is 6.82. The number of hydrogen-bond donors (Lipinski definition) is 2. The number of anilines is 1. The van der Waals surface area contributed by atoms with Crippen LogP contribution in [0.3, 0.4) is 0 Å². The molecule has 0 bridgehead atoms. The van der Waals surface area contributed by atoms with E-state index in [0.717, 1.165) is 27.8 Å². The topological polar surface area (TPSA) is 73.9 Å². The van der Waals surface area contributed by atoms with Crippen LogP contribution in [0, 0.1) is 0 Å². The number of rotatable bonds is 3. The monoisotopic (exact) mass is 369 g/mol. The second-order valence-corrected chi connectivity index (χ2v) is 6.82. The van der Waals surface area contributed by atoms with Gasteiger partial charge in [0, 0.05) is 41.9 Å². The molecule has 4 aromatic rings. The van der Waals surface area contributed by atoms with Crippen molar-refractivity contribution in [3.05, 3.63) is 78.6 Å². The van der Waals surface area contributed by atoms with Gasteiger partial charge in [-0.3, -0.25) is 4.79 Å². The van der Waals surface area contributed by atoms with E-state index in [9.17, 15) is 4.79 Å². The molecular weight excluding hydrogens is 350 g/mol. The van der Waals surface area contributed by atoms with Gasteiger partial charge in [0.15, 0.2) is 5.82 Å². The molecule has 1 amide bonds. The number of carbonyl (C=O) groups excluding carboxylic acids is 1. The van der Waals surface area contributed by atoms with E-state index in [-0.39, 0.29) is 5.91 Å². The number of amides is 1. The zero-order valence-electron chi connectivity index (χ0n) is 15.2. The smallest absolute Gasteiger partial charge is 0.247 e. The summed E-state index contributed by atoms with van der Waals surface area (Å²) in [6.07, 6.45) is 3.68. The van der Waals surface area contributed by atoms with Crippen LogP contribution in [0.25, 0.3) is 22.3 Å². The lowest BCUT2D eigenvalue weighted by molar-refractivity contribution is -0.123. The summed E-state index contributed by atoms with van der Waals surface area (Å²) in [4.78, 5) is 27.2. The predicted molar refractivity (Wildman–Crippen MR) is 109 cm³/mol. The minimum atomic E-state index is -0.398. The SMILES string of the molecule is O=C1NCCN(c2ccnc(-c3ccc4[nH]ccc4c3)n2)C1c1ccccc1. The molecule has 2 N–H and O–H groups in total. The third-order valence-electron chi connectivity index (χ3n) is 5.07. The lowest BCUT2D eigenvalue weighted by Crippen LogP contribution is -2.50. The van der Waals surface area contributed by atoms with E-state index in [4.69, 9.17) is 4.98 Å². The molecular formula is C22H19N5O. The summed E-state index contributed by atoms with van der Waals surface area (Å²) in [5.74, 6) is 1.40. The molecule has 1 aliphatic rings. The Morgan fingerprint density at radius 3 is 2.82 bits per heavy atom. The first kappa shape index (κ1) is 16.5. The van der Waals surface area contributed by atoms with E-state index in [0.29, 0.717) is 18.9 Å². The van der Waals surface area contributed by atoms with E-state index in [2.05, 4.69) is 21.4 Å². The summed E-state index contributed by atoms with van der Waals surface area (Å²) in [5, 5.41) is 4.08. The Bertz CT molecular complexity index is 1140. The van der Waals surface area contributed by atoms with Gasteiger partial charge in [0.2, 0.25) is 5.91 Å². The van der Waals surface area contributed by atoms with Gasteiger partial charge in [-0.05, 0) is 35.9 Å². The highest BCUT2D eigenvalue weighted by atomic mass is 16.2. The van der Waals surface area contributed by atoms with Gasteiger partial charge in [-0.2, -0.15) is 0 Å². The molecule has 1 fully saturated rings. The Labute approximate surface area is 162 Å². The average molecular weight is 369 g/mol. The summed E-state index contributed by atoms with van der Waals surface area (Å²) in [7, 11) is 0. The molecule has 6 nitrogen and oxygen atoms in total. The lowest BCUT2D eigenvalue weighted by Gasteiger charge is -2.36. The van der Waals surface area contributed by atoms with Crippen LogP contribution in [0.4, 0.5) is 5.82 Å². The molecule has 1 unspecified atom stereocenters. The molecule has 0 spiro atoms. The van der Waals surface area contributed by atoms with Crippen LogP contribution >= 0.6 is 0 Å². The number of aromatic amines is 1. The molecule has 0 radical (unpaired) electrons. The molecule has 138 valence electrons. The van der Waals surface area contributed by atoms with Crippen molar-refractivity contribution in [3.8, 4) is 11.4 Å². The van der Waals surface area contributed by atoms with E-state index < -0.39 is 6.04 Å². The van der Waals surface area contributed by atoms with E-state index in [1.165, 1.54) is 0 Å². The largest absolute Gasteiger partial charge is 0.361 e. The van der Waals surface area contributed by atoms with Gasteiger partial charge in [-0.25, -0.2) is 9.97 Å². The molecule has 0 saturated carbocycles. The van der Waals surface area contributed by atoms with Crippen LogP contribution in [0.5, 0.6) is 0 Å². The molecule has 28 heavy (non-hydrogen) atoms. The molecule has 1 saturated heterocycles. The number of carbonyl (C=O) groups is 1. The third-order valence-corrected chi connectivity index (χ3v) is 5.07. The molecule has 2 aromatic carbocycles. The Hall–Kier alpha value is -3.67. The van der Waals surface area contributed by atoms with Crippen LogP contribution in [0.1, 0.15) is 11.6 Å². The van der Waals surface area contributed by atoms with Gasteiger partial charge < -0.3 is 15.2 Å². The minimum absolute atomic E-state index is 0.00801. The predicted octanol–water partition coefficient (Wildman–Crippen LogP) is 3.30. The average Bonchev–Trinajstić information content (AvgIpc) is 3.22. The first-order chi connectivity index (χ1) is 13.8. The number of hydrogen-bond acceptors (Lipinski definition) is 4. The maximum Gasteiger partial charge on any atom is 0.247 e. The van der Waals surface area contributed by atoms with Gasteiger partial charge in [0.25, 0.3) is 0 Å². The zero-order valence-corrected chi connectivity index (χ0v) is 15.2. The fraction of sp³-hybridized carbons (Fsp3) is 0.136. The summed E-state index contributed by atoms with van der Waals surface area (Å²) >= 11 is 0. The van der Waals surface area contributed by atoms with Crippen LogP contribution in [-0.4, -0.2) is 33.9 Å². The standard InChI is InChI=1S/C22H19N5O/c28-22-20(15-4-2-1-3-5-15)27(13-12-25-22)19-9-11-24-21(26-19)17-6-7-18-16(14-17)8-10-23-18/h1-11,14,20,23H,12-13H2,(H,25,28). The summed E-state index contributed by atoms with van der Waals surface area (Å²) in [6.45, 7) is 1.29. The van der Waals surface area contributed by atoms with Crippen molar-refractivity contribution in [1.29, 1.82) is 0 Å². The van der Waals surface area contributed by atoms with Crippen LogP contribution in [0.15, 0.2) is 73.1 Å². The highest BCUT2D eigenvalue weighted by Gasteiger charge is 2.32. The maximum atomic E-state index is 12.7. The molecule has 3 heterocycles. The van der Waals surface area contributed by atoms with E-state index in [1.807, 2.05) is 65.7 Å². The van der Waals surface area contributed by atoms with Crippen molar-refractivity contribution in [1.82, 2.24) is 20.3 Å². The molecule has 1 atom stereocenters. The van der Waals surface area contributed by atoms with Gasteiger partial charge in [0.1, 0.15) is 11.9 Å². The Morgan fingerprint density at radius 2 is 1.93 bits per heavy atom. The van der Waals surface area contributed by atoms with Crippen molar-refractivity contribution in [2.75, 3.05) is 18.0 Å². The number of nitrogens with one attached hydrogen (secondary N) is 2. The summed E-state index contributed by atoms with van der Waals surface area (Å²) < 4.78 is 0. The van der Waals surface area contributed by atoms with Crippen LogP contribution in [-0.2, 0) is 4.79 Å². The van der Waals surface area contributed by atoms with Gasteiger partial charge in [-0.15, -0.1) is 0 Å². The van der Waals surface area contributed by atoms with Crippen molar-refractivity contribution in [3.63, 3.8) is 0 Å². The zero-order chi connectivity index (χ0) is 18.9. The van der Waals surface area contributed by atoms with Crippen molar-refractivity contribution in [2.45, 2.75) is 6.04 Å². The van der Waals surface area contributed by atoms with Gasteiger partial charge in [-0.1, -0.05) is 30.3 Å². The van der Waals surface area contributed by atoms with Crippen molar-refractivity contribution < 1.29 is 4.79 Å². The Balaban J connectivity index is 1.54.